The Morgan fingerprint density at radius 2 is 1.67 bits per heavy atom. The molecule has 140 valence electrons. The van der Waals surface area contributed by atoms with E-state index in [9.17, 15) is 9.59 Å². The van der Waals surface area contributed by atoms with E-state index in [4.69, 9.17) is 10.5 Å². The molecular weight excluding hydrogens is 340 g/mol. The number of primary amides is 1. The van der Waals surface area contributed by atoms with Gasteiger partial charge in [-0.3, -0.25) is 9.59 Å². The molecule has 0 atom stereocenters. The second kappa shape index (κ2) is 8.54. The summed E-state index contributed by atoms with van der Waals surface area (Å²) < 4.78 is 5.43. The van der Waals surface area contributed by atoms with Crippen molar-refractivity contribution in [2.75, 3.05) is 20.2 Å². The molecular formula is C22H24N2O3. The molecule has 3 rings (SSSR count). The highest BCUT2D eigenvalue weighted by Crippen LogP contribution is 2.27. The van der Waals surface area contributed by atoms with E-state index in [0.29, 0.717) is 37.3 Å². The molecule has 0 aliphatic carbocycles. The molecule has 0 unspecified atom stereocenters. The number of nitrogens with zero attached hydrogens (tertiary/aromatic N) is 1. The van der Waals surface area contributed by atoms with E-state index in [1.807, 2.05) is 60.7 Å². The van der Waals surface area contributed by atoms with Crippen molar-refractivity contribution in [3.8, 4) is 5.75 Å². The highest BCUT2D eigenvalue weighted by molar-refractivity contribution is 6.24. The molecule has 2 aromatic carbocycles. The molecule has 1 saturated heterocycles. The number of nitrogens with two attached hydrogens (primary N) is 1. The van der Waals surface area contributed by atoms with Crippen LogP contribution in [-0.4, -0.2) is 36.9 Å². The average Bonchev–Trinajstić information content (AvgIpc) is 2.72. The van der Waals surface area contributed by atoms with Gasteiger partial charge in [0.15, 0.2) is 0 Å². The number of methoxy groups -OCH3 is 1. The zero-order valence-corrected chi connectivity index (χ0v) is 15.4. The Labute approximate surface area is 159 Å². The lowest BCUT2D eigenvalue weighted by Crippen LogP contribution is -2.42. The lowest BCUT2D eigenvalue weighted by Gasteiger charge is -2.31. The Kier molecular flexibility index (Phi) is 5.91. The Morgan fingerprint density at radius 1 is 1.04 bits per heavy atom. The van der Waals surface area contributed by atoms with Crippen LogP contribution in [0.1, 0.15) is 24.0 Å². The van der Waals surface area contributed by atoms with Gasteiger partial charge in [-0.25, -0.2) is 0 Å². The largest absolute Gasteiger partial charge is 0.496 e. The molecule has 0 saturated carbocycles. The zero-order valence-electron chi connectivity index (χ0n) is 15.4. The molecule has 1 heterocycles. The first-order chi connectivity index (χ1) is 13.1. The summed E-state index contributed by atoms with van der Waals surface area (Å²) in [4.78, 5) is 26.5. The summed E-state index contributed by atoms with van der Waals surface area (Å²) in [6.07, 6.45) is 3.09. The van der Waals surface area contributed by atoms with Gasteiger partial charge in [0, 0.05) is 30.1 Å². The monoisotopic (exact) mass is 364 g/mol. The van der Waals surface area contributed by atoms with Gasteiger partial charge in [-0.1, -0.05) is 48.5 Å². The first-order valence-corrected chi connectivity index (χ1v) is 9.09. The maximum Gasteiger partial charge on any atom is 0.254 e. The number of amides is 2. The summed E-state index contributed by atoms with van der Waals surface area (Å²) in [5, 5.41) is 0. The zero-order chi connectivity index (χ0) is 19.2. The minimum Gasteiger partial charge on any atom is -0.496 e. The van der Waals surface area contributed by atoms with Crippen molar-refractivity contribution < 1.29 is 14.3 Å². The summed E-state index contributed by atoms with van der Waals surface area (Å²) in [6, 6.07) is 17.2. The molecule has 1 fully saturated rings. The van der Waals surface area contributed by atoms with Crippen molar-refractivity contribution in [3.05, 3.63) is 65.7 Å². The van der Waals surface area contributed by atoms with Crippen LogP contribution < -0.4 is 10.5 Å². The third-order valence-corrected chi connectivity index (χ3v) is 4.94. The molecule has 0 radical (unpaired) electrons. The minimum atomic E-state index is -0.282. The van der Waals surface area contributed by atoms with Crippen LogP contribution in [0.15, 0.2) is 54.6 Å². The van der Waals surface area contributed by atoms with E-state index >= 15 is 0 Å². The van der Waals surface area contributed by atoms with Crippen molar-refractivity contribution in [2.45, 2.75) is 12.8 Å². The first kappa shape index (κ1) is 18.7. The first-order valence-electron chi connectivity index (χ1n) is 9.09. The molecule has 2 aromatic rings. The van der Waals surface area contributed by atoms with Crippen molar-refractivity contribution >= 4 is 23.5 Å². The molecule has 27 heavy (non-hydrogen) atoms. The second-order valence-corrected chi connectivity index (χ2v) is 6.63. The summed E-state index contributed by atoms with van der Waals surface area (Å²) in [7, 11) is 1.62. The van der Waals surface area contributed by atoms with Gasteiger partial charge in [0.05, 0.1) is 7.11 Å². The summed E-state index contributed by atoms with van der Waals surface area (Å²) >= 11 is 0. The molecule has 5 nitrogen and oxygen atoms in total. The number of piperidine rings is 1. The molecule has 2 N–H and O–H groups in total. The van der Waals surface area contributed by atoms with Crippen LogP contribution in [0.2, 0.25) is 0 Å². The molecule has 1 aliphatic heterocycles. The minimum absolute atomic E-state index is 0.0463. The van der Waals surface area contributed by atoms with Crippen LogP contribution in [0.3, 0.4) is 0 Å². The van der Waals surface area contributed by atoms with Gasteiger partial charge in [-0.15, -0.1) is 0 Å². The summed E-state index contributed by atoms with van der Waals surface area (Å²) in [6.45, 7) is 1.06. The van der Waals surface area contributed by atoms with E-state index in [-0.39, 0.29) is 17.7 Å². The van der Waals surface area contributed by atoms with Crippen LogP contribution in [0, 0.1) is 5.92 Å². The third-order valence-electron chi connectivity index (χ3n) is 4.94. The lowest BCUT2D eigenvalue weighted by molar-refractivity contribution is -0.130. The number of benzene rings is 2. The van der Waals surface area contributed by atoms with Crippen LogP contribution in [0.4, 0.5) is 0 Å². The predicted molar refractivity (Wildman–Crippen MR) is 106 cm³/mol. The number of rotatable bonds is 5. The van der Waals surface area contributed by atoms with Crippen LogP contribution in [0.5, 0.6) is 5.75 Å². The lowest BCUT2D eigenvalue weighted by atomic mass is 9.94. The summed E-state index contributed by atoms with van der Waals surface area (Å²) in [5.41, 5.74) is 7.71. The molecule has 5 heteroatoms. The fraction of sp³-hybridized carbons (Fsp3) is 0.273. The van der Waals surface area contributed by atoms with Gasteiger partial charge in [-0.05, 0) is 30.5 Å². The number of ether oxygens (including phenoxy) is 1. The van der Waals surface area contributed by atoms with Gasteiger partial charge < -0.3 is 15.4 Å². The molecule has 1 aliphatic rings. The topological polar surface area (TPSA) is 72.6 Å². The number of hydrogen-bond acceptors (Lipinski definition) is 3. The normalized spacial score (nSPS) is 15.4. The fourth-order valence-electron chi connectivity index (χ4n) is 3.36. The molecule has 0 spiro atoms. The van der Waals surface area contributed by atoms with Gasteiger partial charge in [0.1, 0.15) is 5.75 Å². The number of carbonyl (C=O) groups is 2. The van der Waals surface area contributed by atoms with Gasteiger partial charge >= 0.3 is 0 Å². The molecule has 2 amide bonds. The standard InChI is InChI=1S/C22H24N2O3/c1-27-20-10-6-5-9-18(20)15-19(16-7-3-2-4-8-16)22(26)24-13-11-17(12-14-24)21(23)25/h2-10,15,17H,11-14H2,1H3,(H2,23,25)/b19-15+. The quantitative estimate of drug-likeness (QED) is 0.655. The smallest absolute Gasteiger partial charge is 0.254 e. The van der Waals surface area contributed by atoms with E-state index < -0.39 is 0 Å². The van der Waals surface area contributed by atoms with E-state index in [2.05, 4.69) is 0 Å². The number of carbonyl (C=O) groups excluding carboxylic acids is 2. The van der Waals surface area contributed by atoms with Gasteiger partial charge in [0.2, 0.25) is 5.91 Å². The highest BCUT2D eigenvalue weighted by atomic mass is 16.5. The average molecular weight is 364 g/mol. The van der Waals surface area contributed by atoms with Crippen molar-refractivity contribution in [1.29, 1.82) is 0 Å². The van der Waals surface area contributed by atoms with Crippen LogP contribution >= 0.6 is 0 Å². The van der Waals surface area contributed by atoms with Gasteiger partial charge in [0.25, 0.3) is 5.91 Å². The second-order valence-electron chi connectivity index (χ2n) is 6.63. The Hall–Kier alpha value is -3.08. The maximum atomic E-state index is 13.3. The molecule has 0 aromatic heterocycles. The number of likely N-dealkylation sites (tertiary alicyclic amines) is 1. The van der Waals surface area contributed by atoms with E-state index in [1.54, 1.807) is 12.0 Å². The number of hydrogen-bond donors (Lipinski definition) is 1. The Balaban J connectivity index is 1.93. The van der Waals surface area contributed by atoms with Crippen LogP contribution in [-0.2, 0) is 9.59 Å². The van der Waals surface area contributed by atoms with Crippen molar-refractivity contribution in [3.63, 3.8) is 0 Å². The van der Waals surface area contributed by atoms with Crippen LogP contribution in [0.25, 0.3) is 11.6 Å². The number of para-hydroxylation sites is 1. The Morgan fingerprint density at radius 3 is 2.30 bits per heavy atom. The third kappa shape index (κ3) is 4.37. The SMILES string of the molecule is COc1ccccc1/C=C(/C(=O)N1CCC(C(N)=O)CC1)c1ccccc1. The summed E-state index contributed by atoms with van der Waals surface area (Å²) in [5.74, 6) is 0.239. The fourth-order valence-corrected chi connectivity index (χ4v) is 3.36. The molecule has 0 bridgehead atoms. The predicted octanol–water partition coefficient (Wildman–Crippen LogP) is 2.96. The highest BCUT2D eigenvalue weighted by Gasteiger charge is 2.28. The van der Waals surface area contributed by atoms with E-state index in [0.717, 1.165) is 11.1 Å². The Bertz CT molecular complexity index is 838. The maximum absolute atomic E-state index is 13.3. The van der Waals surface area contributed by atoms with Gasteiger partial charge in [-0.2, -0.15) is 0 Å². The van der Waals surface area contributed by atoms with E-state index in [1.165, 1.54) is 0 Å². The van der Waals surface area contributed by atoms with Crippen molar-refractivity contribution in [2.24, 2.45) is 11.7 Å². The van der Waals surface area contributed by atoms with Crippen molar-refractivity contribution in [1.82, 2.24) is 4.90 Å².